The van der Waals surface area contributed by atoms with E-state index in [1.54, 1.807) is 43.3 Å². The average Bonchev–Trinajstić information content (AvgIpc) is 2.87. The van der Waals surface area contributed by atoms with E-state index in [1.807, 2.05) is 0 Å². The molecular formula is C26H20Cl2N3NaO6S. The fourth-order valence-corrected chi connectivity index (χ4v) is 5.53. The van der Waals surface area contributed by atoms with Crippen molar-refractivity contribution in [3.8, 4) is 11.5 Å². The summed E-state index contributed by atoms with van der Waals surface area (Å²) in [6.07, 6.45) is 0.155. The van der Waals surface area contributed by atoms with Gasteiger partial charge in [0.1, 0.15) is 10.6 Å². The van der Waals surface area contributed by atoms with Gasteiger partial charge in [-0.2, -0.15) is 18.6 Å². The predicted molar refractivity (Wildman–Crippen MR) is 144 cm³/mol. The Labute approximate surface area is 256 Å². The zero-order chi connectivity index (χ0) is 27.6. The van der Waals surface area contributed by atoms with Crippen LogP contribution >= 0.6 is 23.2 Å². The number of carbonyl (C=O) groups excluding carboxylic acids is 1. The molecular weight excluding hydrogens is 576 g/mol. The van der Waals surface area contributed by atoms with E-state index in [-0.39, 0.29) is 68.5 Å². The third kappa shape index (κ3) is 6.55. The molecule has 0 aliphatic carbocycles. The molecule has 0 aliphatic heterocycles. The van der Waals surface area contributed by atoms with Crippen LogP contribution in [0.1, 0.15) is 22.8 Å². The molecule has 2 N–H and O–H groups in total. The molecule has 0 aliphatic rings. The molecule has 4 aromatic carbocycles. The van der Waals surface area contributed by atoms with Crippen LogP contribution < -0.4 is 44.7 Å². The number of nitrogens with one attached hydrogen (secondary N) is 1. The summed E-state index contributed by atoms with van der Waals surface area (Å²) < 4.78 is 38.6. The van der Waals surface area contributed by atoms with Crippen molar-refractivity contribution < 1.29 is 57.2 Å². The molecule has 0 saturated carbocycles. The fourth-order valence-electron chi connectivity index (χ4n) is 3.93. The van der Waals surface area contributed by atoms with Crippen LogP contribution in [0.4, 0.5) is 17.1 Å². The van der Waals surface area contributed by atoms with E-state index >= 15 is 0 Å². The number of hydrogen-bond donors (Lipinski definition) is 2. The number of benzene rings is 4. The summed E-state index contributed by atoms with van der Waals surface area (Å²) in [4.78, 5) is 12.6. The number of methoxy groups -OCH3 is 1. The number of hydrogen-bond acceptors (Lipinski definition) is 7. The van der Waals surface area contributed by atoms with E-state index in [0.29, 0.717) is 22.2 Å². The number of amides is 1. The molecule has 13 heteroatoms. The zero-order valence-electron chi connectivity index (χ0n) is 21.0. The molecule has 0 bridgehead atoms. The quantitative estimate of drug-likeness (QED) is 0.189. The maximum Gasteiger partial charge on any atom is 1.00 e. The second kappa shape index (κ2) is 12.6. The van der Waals surface area contributed by atoms with Gasteiger partial charge in [0.05, 0.1) is 28.5 Å². The molecule has 0 heterocycles. The Kier molecular flexibility index (Phi) is 10.0. The predicted octanol–water partition coefficient (Wildman–Crippen LogP) is 3.71. The van der Waals surface area contributed by atoms with Crippen LogP contribution in [0.3, 0.4) is 0 Å². The van der Waals surface area contributed by atoms with E-state index in [2.05, 4.69) is 15.5 Å². The molecule has 9 nitrogen and oxygen atoms in total. The van der Waals surface area contributed by atoms with Gasteiger partial charge in [-0.05, 0) is 48.2 Å². The molecule has 0 saturated heterocycles. The summed E-state index contributed by atoms with van der Waals surface area (Å²) >= 11 is 12.2. The van der Waals surface area contributed by atoms with Crippen LogP contribution in [0.5, 0.6) is 11.5 Å². The van der Waals surface area contributed by atoms with E-state index in [9.17, 15) is 22.9 Å². The van der Waals surface area contributed by atoms with E-state index < -0.39 is 26.7 Å². The van der Waals surface area contributed by atoms with Crippen LogP contribution in [0.2, 0.25) is 10.0 Å². The first-order valence-corrected chi connectivity index (χ1v) is 13.3. The zero-order valence-corrected chi connectivity index (χ0v) is 25.4. The molecule has 39 heavy (non-hydrogen) atoms. The Morgan fingerprint density at radius 3 is 2.41 bits per heavy atom. The average molecular weight is 596 g/mol. The van der Waals surface area contributed by atoms with Crippen LogP contribution in [0.25, 0.3) is 10.8 Å². The molecule has 0 fully saturated rings. The second-order valence-electron chi connectivity index (χ2n) is 8.03. The van der Waals surface area contributed by atoms with E-state index in [1.165, 1.54) is 31.4 Å². The molecule has 0 atom stereocenters. The molecule has 0 radical (unpaired) electrons. The molecule has 196 valence electrons. The molecule has 4 aromatic rings. The van der Waals surface area contributed by atoms with Gasteiger partial charge in [0.2, 0.25) is 0 Å². The summed E-state index contributed by atoms with van der Waals surface area (Å²) in [5, 5.41) is 25.4. The van der Waals surface area contributed by atoms with E-state index in [0.717, 1.165) is 0 Å². The van der Waals surface area contributed by atoms with E-state index in [4.69, 9.17) is 27.9 Å². The van der Waals surface area contributed by atoms with Gasteiger partial charge in [-0.3, -0.25) is 9.35 Å². The Morgan fingerprint density at radius 2 is 1.77 bits per heavy atom. The Balaban J connectivity index is 0.00000420. The van der Waals surface area contributed by atoms with Crippen molar-refractivity contribution in [2.45, 2.75) is 18.2 Å². The first kappa shape index (κ1) is 30.8. The molecule has 1 amide bonds. The van der Waals surface area contributed by atoms with Gasteiger partial charge < -0.3 is 15.2 Å². The van der Waals surface area contributed by atoms with Crippen LogP contribution in [0.15, 0.2) is 75.8 Å². The Hall–Kier alpha value is -2.70. The molecule has 0 unspecified atom stereocenters. The van der Waals surface area contributed by atoms with Gasteiger partial charge >= 0.3 is 29.6 Å². The first-order chi connectivity index (χ1) is 18.0. The van der Waals surface area contributed by atoms with Gasteiger partial charge in [0, 0.05) is 22.2 Å². The van der Waals surface area contributed by atoms with Gasteiger partial charge in [-0.25, -0.2) is 0 Å². The van der Waals surface area contributed by atoms with Gasteiger partial charge in [0.25, 0.3) is 16.0 Å². The van der Waals surface area contributed by atoms with Crippen molar-refractivity contribution >= 4 is 67.1 Å². The smallest absolute Gasteiger partial charge is 0.870 e. The number of carbonyl (C=O) groups is 1. The summed E-state index contributed by atoms with van der Waals surface area (Å²) in [7, 11) is -3.18. The number of halogens is 2. The van der Waals surface area contributed by atoms with Crippen molar-refractivity contribution in [3.63, 3.8) is 0 Å². The third-order valence-corrected chi connectivity index (χ3v) is 7.39. The Bertz CT molecular complexity index is 1710. The Morgan fingerprint density at radius 1 is 1.05 bits per heavy atom. The summed E-state index contributed by atoms with van der Waals surface area (Å²) in [5.41, 5.74) is 0.269. The molecule has 0 aromatic heterocycles. The van der Waals surface area contributed by atoms with Crippen LogP contribution in [-0.4, -0.2) is 26.0 Å². The second-order valence-corrected chi connectivity index (χ2v) is 10.2. The van der Waals surface area contributed by atoms with Crippen molar-refractivity contribution in [1.29, 1.82) is 0 Å². The van der Waals surface area contributed by atoms with Gasteiger partial charge in [-0.1, -0.05) is 60.1 Å². The summed E-state index contributed by atoms with van der Waals surface area (Å²) in [6.45, 7) is 1.66. The third-order valence-electron chi connectivity index (χ3n) is 5.69. The van der Waals surface area contributed by atoms with Crippen molar-refractivity contribution in [3.05, 3.63) is 81.8 Å². The fraction of sp³-hybridized carbons (Fsp3) is 0.115. The van der Waals surface area contributed by atoms with Crippen molar-refractivity contribution in [2.75, 3.05) is 12.4 Å². The van der Waals surface area contributed by atoms with Gasteiger partial charge in [-0.15, -0.1) is 0 Å². The first-order valence-electron chi connectivity index (χ1n) is 11.1. The van der Waals surface area contributed by atoms with Crippen molar-refractivity contribution in [2.24, 2.45) is 10.2 Å². The number of anilines is 1. The minimum absolute atomic E-state index is 0. The minimum atomic E-state index is -4.65. The maximum atomic E-state index is 13.4. The minimum Gasteiger partial charge on any atom is -0.870 e. The monoisotopic (exact) mass is 595 g/mol. The SMILES string of the molecule is CCc1c(N=Nc2c([O-])c(C(=O)Nc3ccc(OC)c(Cl)c3)cc3ccccc23)ccc(Cl)c1S(=O)(=O)O.[Na+]. The topological polar surface area (TPSA) is 140 Å². The molecule has 4 rings (SSSR count). The number of azo groups is 1. The molecule has 0 spiro atoms. The number of rotatable bonds is 7. The van der Waals surface area contributed by atoms with Crippen LogP contribution in [0, 0.1) is 0 Å². The van der Waals surface area contributed by atoms with Crippen LogP contribution in [-0.2, 0) is 16.5 Å². The van der Waals surface area contributed by atoms with Crippen molar-refractivity contribution in [1.82, 2.24) is 0 Å². The summed E-state index contributed by atoms with van der Waals surface area (Å²) in [5.74, 6) is -0.951. The normalized spacial score (nSPS) is 11.4. The largest absolute Gasteiger partial charge is 1.00 e. The number of fused-ring (bicyclic) bond motifs is 1. The number of nitrogens with zero attached hydrogens (tertiary/aromatic N) is 2. The number of ether oxygens (including phenoxy) is 1. The van der Waals surface area contributed by atoms with Gasteiger partial charge in [0.15, 0.2) is 0 Å². The maximum absolute atomic E-state index is 13.4. The summed E-state index contributed by atoms with van der Waals surface area (Å²) in [6, 6.07) is 15.6. The standard InChI is InChI=1S/C26H21Cl2N3O6S.Na/c1-3-16-21(10-9-19(27)25(16)38(34,35)36)30-31-23-17-7-5-4-6-14(17)12-18(24(23)32)26(33)29-15-8-11-22(37-2)20(28)13-15;/h4-13,32H,3H2,1-2H3,(H,29,33)(H,34,35,36);/q;+1/p-1.